The van der Waals surface area contributed by atoms with E-state index in [1.807, 2.05) is 0 Å². The Morgan fingerprint density at radius 3 is 1.29 bits per heavy atom. The van der Waals surface area contributed by atoms with Crippen molar-refractivity contribution in [2.45, 2.75) is 95.9 Å². The summed E-state index contributed by atoms with van der Waals surface area (Å²) < 4.78 is 0. The highest BCUT2D eigenvalue weighted by Gasteiger charge is 2.11. The molecule has 0 aliphatic heterocycles. The van der Waals surface area contributed by atoms with Gasteiger partial charge in [-0.05, 0) is 19.3 Å². The number of carboxylic acid groups (broad SMARTS) is 1. The fourth-order valence-electron chi connectivity index (χ4n) is 2.38. The monoisotopic (exact) mass is 304 g/mol. The molecule has 0 aromatic rings. The van der Waals surface area contributed by atoms with Gasteiger partial charge in [-0.15, -0.1) is 0 Å². The van der Waals surface area contributed by atoms with Gasteiger partial charge in [0.1, 0.15) is 0 Å². The number of carbonyl (C=O) groups is 1. The van der Waals surface area contributed by atoms with Crippen molar-refractivity contribution < 1.29 is 25.2 Å². The Morgan fingerprint density at radius 2 is 0.952 bits per heavy atom. The van der Waals surface area contributed by atoms with Crippen LogP contribution in [0.4, 0.5) is 0 Å². The second-order valence-electron chi connectivity index (χ2n) is 5.80. The first-order chi connectivity index (χ1) is 10.0. The number of carboxylic acids is 1. The maximum Gasteiger partial charge on any atom is 0.332 e. The standard InChI is InChI=1S/C16H32O5/c17-14(16(20)21)12-10-8-6-4-2-1-3-5-7-9-11-13-15(18)19/h14-15,17-19H,1-13H2,(H,20,21). The Labute approximate surface area is 128 Å². The van der Waals surface area contributed by atoms with Crippen LogP contribution in [0.2, 0.25) is 0 Å². The van der Waals surface area contributed by atoms with Gasteiger partial charge in [0.05, 0.1) is 0 Å². The summed E-state index contributed by atoms with van der Waals surface area (Å²) >= 11 is 0. The summed E-state index contributed by atoms with van der Waals surface area (Å²) in [6.07, 6.45) is 10.6. The van der Waals surface area contributed by atoms with E-state index in [2.05, 4.69) is 0 Å². The SMILES string of the molecule is O=C(O)C(O)CCCCCCCCCCCCCC(O)O. The summed E-state index contributed by atoms with van der Waals surface area (Å²) in [5, 5.41) is 35.0. The quantitative estimate of drug-likeness (QED) is 0.275. The lowest BCUT2D eigenvalue weighted by molar-refractivity contribution is -0.146. The smallest absolute Gasteiger partial charge is 0.332 e. The van der Waals surface area contributed by atoms with Crippen LogP contribution in [0.5, 0.6) is 0 Å². The fourth-order valence-corrected chi connectivity index (χ4v) is 2.38. The van der Waals surface area contributed by atoms with Crippen LogP contribution in [-0.2, 0) is 4.79 Å². The van der Waals surface area contributed by atoms with Gasteiger partial charge in [0.25, 0.3) is 0 Å². The molecule has 0 aliphatic rings. The molecule has 126 valence electrons. The van der Waals surface area contributed by atoms with Crippen molar-refractivity contribution in [3.05, 3.63) is 0 Å². The molecule has 0 saturated carbocycles. The molecule has 5 heteroatoms. The van der Waals surface area contributed by atoms with Gasteiger partial charge in [-0.25, -0.2) is 4.79 Å². The summed E-state index contributed by atoms with van der Waals surface area (Å²) in [7, 11) is 0. The molecule has 0 rings (SSSR count). The Kier molecular flexibility index (Phi) is 13.9. The van der Waals surface area contributed by atoms with E-state index in [1.54, 1.807) is 0 Å². The molecule has 0 fully saturated rings. The zero-order valence-corrected chi connectivity index (χ0v) is 13.0. The Morgan fingerprint density at radius 1 is 0.619 bits per heavy atom. The average molecular weight is 304 g/mol. The summed E-state index contributed by atoms with van der Waals surface area (Å²) in [5.74, 6) is -1.12. The van der Waals surface area contributed by atoms with E-state index < -0.39 is 18.4 Å². The van der Waals surface area contributed by atoms with E-state index in [4.69, 9.17) is 20.4 Å². The van der Waals surface area contributed by atoms with Gasteiger partial charge in [0, 0.05) is 0 Å². The molecule has 0 spiro atoms. The molecule has 0 radical (unpaired) electrons. The molecule has 4 N–H and O–H groups in total. The molecule has 0 heterocycles. The van der Waals surface area contributed by atoms with Crippen molar-refractivity contribution in [1.82, 2.24) is 0 Å². The number of unbranched alkanes of at least 4 members (excludes halogenated alkanes) is 10. The first-order valence-corrected chi connectivity index (χ1v) is 8.31. The summed E-state index contributed by atoms with van der Waals surface area (Å²) in [4.78, 5) is 10.4. The van der Waals surface area contributed by atoms with Crippen LogP contribution in [0.15, 0.2) is 0 Å². The molecular weight excluding hydrogens is 272 g/mol. The minimum absolute atomic E-state index is 0.359. The second kappa shape index (κ2) is 14.3. The highest BCUT2D eigenvalue weighted by atomic mass is 16.5. The van der Waals surface area contributed by atoms with Crippen LogP contribution in [0.25, 0.3) is 0 Å². The molecular formula is C16H32O5. The van der Waals surface area contributed by atoms with Gasteiger partial charge < -0.3 is 20.4 Å². The Hall–Kier alpha value is -0.650. The lowest BCUT2D eigenvalue weighted by atomic mass is 10.0. The summed E-state index contributed by atoms with van der Waals surface area (Å²) in [6.45, 7) is 0. The van der Waals surface area contributed by atoms with Crippen LogP contribution in [-0.4, -0.2) is 38.8 Å². The first-order valence-electron chi connectivity index (χ1n) is 8.31. The maximum absolute atomic E-state index is 10.4. The van der Waals surface area contributed by atoms with Crippen LogP contribution in [0, 0.1) is 0 Å². The van der Waals surface area contributed by atoms with Gasteiger partial charge in [-0.2, -0.15) is 0 Å². The minimum atomic E-state index is -1.20. The number of rotatable bonds is 15. The molecule has 0 bridgehead atoms. The topological polar surface area (TPSA) is 98.0 Å². The zero-order chi connectivity index (χ0) is 15.9. The van der Waals surface area contributed by atoms with E-state index in [-0.39, 0.29) is 0 Å². The lowest BCUT2D eigenvalue weighted by Gasteiger charge is -2.05. The van der Waals surface area contributed by atoms with Gasteiger partial charge in [-0.3, -0.25) is 0 Å². The third-order valence-electron chi connectivity index (χ3n) is 3.72. The first kappa shape index (κ1) is 20.3. The highest BCUT2D eigenvalue weighted by Crippen LogP contribution is 2.13. The third-order valence-corrected chi connectivity index (χ3v) is 3.72. The average Bonchev–Trinajstić information content (AvgIpc) is 2.43. The van der Waals surface area contributed by atoms with E-state index in [1.165, 1.54) is 38.5 Å². The van der Waals surface area contributed by atoms with Gasteiger partial charge in [0.2, 0.25) is 0 Å². The second-order valence-corrected chi connectivity index (χ2v) is 5.80. The Bertz CT molecular complexity index is 243. The molecule has 5 nitrogen and oxygen atoms in total. The number of hydrogen-bond acceptors (Lipinski definition) is 4. The molecule has 0 saturated heterocycles. The van der Waals surface area contributed by atoms with Crippen LogP contribution in [0.1, 0.15) is 83.5 Å². The normalized spacial score (nSPS) is 12.8. The Balaban J connectivity index is 3.07. The van der Waals surface area contributed by atoms with Crippen molar-refractivity contribution >= 4 is 5.97 Å². The van der Waals surface area contributed by atoms with E-state index in [9.17, 15) is 4.79 Å². The molecule has 0 aromatic heterocycles. The number of aliphatic carboxylic acids is 1. The number of aliphatic hydroxyl groups is 3. The van der Waals surface area contributed by atoms with E-state index >= 15 is 0 Å². The third kappa shape index (κ3) is 15.6. The predicted octanol–water partition coefficient (Wildman–Crippen LogP) is 2.81. The summed E-state index contributed by atoms with van der Waals surface area (Å²) in [5.41, 5.74) is 0. The lowest BCUT2D eigenvalue weighted by Crippen LogP contribution is -2.18. The largest absolute Gasteiger partial charge is 0.479 e. The molecule has 0 amide bonds. The van der Waals surface area contributed by atoms with Crippen molar-refractivity contribution in [1.29, 1.82) is 0 Å². The number of aliphatic hydroxyl groups excluding tert-OH is 2. The van der Waals surface area contributed by atoms with Gasteiger partial charge in [-0.1, -0.05) is 64.2 Å². The van der Waals surface area contributed by atoms with Gasteiger partial charge in [0.15, 0.2) is 12.4 Å². The van der Waals surface area contributed by atoms with Crippen LogP contribution < -0.4 is 0 Å². The molecule has 0 aliphatic carbocycles. The van der Waals surface area contributed by atoms with Crippen LogP contribution in [0.3, 0.4) is 0 Å². The highest BCUT2D eigenvalue weighted by molar-refractivity contribution is 5.71. The van der Waals surface area contributed by atoms with Crippen molar-refractivity contribution in [3.63, 3.8) is 0 Å². The molecule has 1 unspecified atom stereocenters. The number of hydrogen-bond donors (Lipinski definition) is 4. The molecule has 0 aromatic carbocycles. The van der Waals surface area contributed by atoms with Crippen molar-refractivity contribution in [2.75, 3.05) is 0 Å². The van der Waals surface area contributed by atoms with Crippen molar-refractivity contribution in [3.8, 4) is 0 Å². The predicted molar refractivity (Wildman–Crippen MR) is 81.9 cm³/mol. The maximum atomic E-state index is 10.4. The minimum Gasteiger partial charge on any atom is -0.479 e. The van der Waals surface area contributed by atoms with Gasteiger partial charge >= 0.3 is 5.97 Å². The molecule has 1 atom stereocenters. The van der Waals surface area contributed by atoms with Crippen LogP contribution >= 0.6 is 0 Å². The molecule has 21 heavy (non-hydrogen) atoms. The van der Waals surface area contributed by atoms with Crippen molar-refractivity contribution in [2.24, 2.45) is 0 Å². The van der Waals surface area contributed by atoms with E-state index in [0.29, 0.717) is 12.8 Å². The van der Waals surface area contributed by atoms with E-state index in [0.717, 1.165) is 32.1 Å². The fraction of sp³-hybridized carbons (Fsp3) is 0.938. The zero-order valence-electron chi connectivity index (χ0n) is 13.0. The summed E-state index contributed by atoms with van der Waals surface area (Å²) in [6, 6.07) is 0.